The van der Waals surface area contributed by atoms with E-state index in [0.717, 1.165) is 19.4 Å². The lowest BCUT2D eigenvalue weighted by Gasteiger charge is -2.37. The lowest BCUT2D eigenvalue weighted by atomic mass is 9.87. The maximum Gasteiger partial charge on any atom is 0.0950 e. The molecule has 0 spiro atoms. The van der Waals surface area contributed by atoms with Crippen LogP contribution in [-0.4, -0.2) is 28.8 Å². The molecule has 2 rings (SSSR count). The van der Waals surface area contributed by atoms with Gasteiger partial charge in [-0.25, -0.2) is 4.98 Å². The molecule has 0 bridgehead atoms. The van der Waals surface area contributed by atoms with Gasteiger partial charge in [0.15, 0.2) is 0 Å². The Morgan fingerprint density at radius 1 is 1.50 bits per heavy atom. The van der Waals surface area contributed by atoms with Crippen molar-refractivity contribution < 1.29 is 4.74 Å². The van der Waals surface area contributed by atoms with E-state index in [1.807, 2.05) is 12.5 Å². The van der Waals surface area contributed by atoms with Gasteiger partial charge in [-0.1, -0.05) is 13.8 Å². The third-order valence-electron chi connectivity index (χ3n) is 4.00. The summed E-state index contributed by atoms with van der Waals surface area (Å²) in [5.74, 6) is 0.951. The molecule has 2 N–H and O–H groups in total. The first-order valence-corrected chi connectivity index (χ1v) is 7.00. The Morgan fingerprint density at radius 3 is 2.78 bits per heavy atom. The van der Waals surface area contributed by atoms with Gasteiger partial charge in [-0.05, 0) is 25.7 Å². The number of ether oxygens (including phenoxy) is 1. The third kappa shape index (κ3) is 2.59. The summed E-state index contributed by atoms with van der Waals surface area (Å²) in [7, 11) is 0. The van der Waals surface area contributed by atoms with Gasteiger partial charge in [0, 0.05) is 37.0 Å². The van der Waals surface area contributed by atoms with Gasteiger partial charge in [0.25, 0.3) is 0 Å². The maximum absolute atomic E-state index is 5.90. The number of nitrogens with zero attached hydrogens (tertiary/aromatic N) is 2. The van der Waals surface area contributed by atoms with E-state index >= 15 is 0 Å². The Morgan fingerprint density at radius 2 is 2.22 bits per heavy atom. The molecule has 1 saturated carbocycles. The molecule has 0 aromatic carbocycles. The third-order valence-corrected chi connectivity index (χ3v) is 4.00. The van der Waals surface area contributed by atoms with Gasteiger partial charge in [0.1, 0.15) is 0 Å². The van der Waals surface area contributed by atoms with Crippen LogP contribution in [0.2, 0.25) is 0 Å². The second kappa shape index (κ2) is 5.85. The molecule has 1 aliphatic carbocycles. The van der Waals surface area contributed by atoms with Crippen molar-refractivity contribution in [1.29, 1.82) is 0 Å². The van der Waals surface area contributed by atoms with Gasteiger partial charge in [0.2, 0.25) is 0 Å². The molecule has 0 saturated heterocycles. The first kappa shape index (κ1) is 13.6. The zero-order valence-corrected chi connectivity index (χ0v) is 11.7. The van der Waals surface area contributed by atoms with Crippen molar-refractivity contribution in [2.75, 3.05) is 13.2 Å². The monoisotopic (exact) mass is 251 g/mol. The molecule has 1 unspecified atom stereocenters. The predicted octanol–water partition coefficient (Wildman–Crippen LogP) is 2.32. The van der Waals surface area contributed by atoms with Crippen molar-refractivity contribution in [3.05, 3.63) is 18.2 Å². The molecule has 18 heavy (non-hydrogen) atoms. The van der Waals surface area contributed by atoms with Crippen LogP contribution in [0.5, 0.6) is 0 Å². The van der Waals surface area contributed by atoms with Crippen LogP contribution < -0.4 is 5.73 Å². The summed E-state index contributed by atoms with van der Waals surface area (Å²) in [4.78, 5) is 4.31. The zero-order valence-electron chi connectivity index (χ0n) is 11.7. The second-order valence-corrected chi connectivity index (χ2v) is 5.51. The number of imidazole rings is 1. The summed E-state index contributed by atoms with van der Waals surface area (Å²) in [5, 5.41) is 0. The highest BCUT2D eigenvalue weighted by molar-refractivity contribution is 5.11. The van der Waals surface area contributed by atoms with Crippen LogP contribution in [0.1, 0.15) is 51.3 Å². The molecule has 1 atom stereocenters. The quantitative estimate of drug-likeness (QED) is 0.844. The molecule has 0 amide bonds. The van der Waals surface area contributed by atoms with E-state index in [1.165, 1.54) is 5.69 Å². The van der Waals surface area contributed by atoms with Gasteiger partial charge < -0.3 is 15.0 Å². The van der Waals surface area contributed by atoms with Crippen LogP contribution in [-0.2, 0) is 4.74 Å². The summed E-state index contributed by atoms with van der Waals surface area (Å²) < 4.78 is 7.93. The Balaban J connectivity index is 2.05. The predicted molar refractivity (Wildman–Crippen MR) is 72.5 cm³/mol. The molecule has 1 aliphatic rings. The average molecular weight is 251 g/mol. The van der Waals surface area contributed by atoms with Crippen molar-refractivity contribution in [3.63, 3.8) is 0 Å². The van der Waals surface area contributed by atoms with Crippen LogP contribution in [0, 0.1) is 5.92 Å². The molecule has 1 aromatic heterocycles. The summed E-state index contributed by atoms with van der Waals surface area (Å²) in [6.07, 6.45) is 6.57. The number of hydrogen-bond acceptors (Lipinski definition) is 3. The van der Waals surface area contributed by atoms with Crippen molar-refractivity contribution >= 4 is 0 Å². The van der Waals surface area contributed by atoms with E-state index in [9.17, 15) is 0 Å². The molecule has 1 aromatic rings. The molecule has 102 valence electrons. The number of nitrogens with two attached hydrogens (primary N) is 1. The van der Waals surface area contributed by atoms with Crippen LogP contribution in [0.4, 0.5) is 0 Å². The Bertz CT molecular complexity index is 369. The van der Waals surface area contributed by atoms with Crippen molar-refractivity contribution in [3.8, 4) is 0 Å². The normalized spacial score (nSPS) is 25.2. The summed E-state index contributed by atoms with van der Waals surface area (Å²) in [5.41, 5.74) is 7.19. The van der Waals surface area contributed by atoms with Gasteiger partial charge >= 0.3 is 0 Å². The first-order valence-electron chi connectivity index (χ1n) is 7.00. The van der Waals surface area contributed by atoms with E-state index in [1.54, 1.807) is 0 Å². The summed E-state index contributed by atoms with van der Waals surface area (Å²) in [6.45, 7) is 7.99. The zero-order chi connectivity index (χ0) is 13.1. The van der Waals surface area contributed by atoms with Crippen molar-refractivity contribution in [1.82, 2.24) is 9.55 Å². The highest BCUT2D eigenvalue weighted by Crippen LogP contribution is 2.37. The van der Waals surface area contributed by atoms with Crippen LogP contribution in [0.15, 0.2) is 12.5 Å². The number of hydrogen-bond donors (Lipinski definition) is 1. The fourth-order valence-electron chi connectivity index (χ4n) is 2.78. The Hall–Kier alpha value is -0.870. The topological polar surface area (TPSA) is 53.1 Å². The van der Waals surface area contributed by atoms with E-state index in [4.69, 9.17) is 10.5 Å². The highest BCUT2D eigenvalue weighted by Gasteiger charge is 2.33. The standard InChI is InChI=1S/C14H25N3O/c1-4-18-12-5-11(6-12)17-9-16-8-14(17)13(7-15)10(2)3/h8-13H,4-7,15H2,1-3H3. The minimum absolute atomic E-state index is 0.402. The van der Waals surface area contributed by atoms with Crippen LogP contribution in [0.25, 0.3) is 0 Å². The van der Waals surface area contributed by atoms with Crippen LogP contribution >= 0.6 is 0 Å². The van der Waals surface area contributed by atoms with Crippen molar-refractivity contribution in [2.24, 2.45) is 11.7 Å². The summed E-state index contributed by atoms with van der Waals surface area (Å²) >= 11 is 0. The van der Waals surface area contributed by atoms with E-state index in [0.29, 0.717) is 30.5 Å². The Labute approximate surface area is 110 Å². The molecule has 1 fully saturated rings. The molecule has 0 aliphatic heterocycles. The van der Waals surface area contributed by atoms with E-state index in [-0.39, 0.29) is 0 Å². The molecule has 4 nitrogen and oxygen atoms in total. The second-order valence-electron chi connectivity index (χ2n) is 5.51. The minimum Gasteiger partial charge on any atom is -0.378 e. The highest BCUT2D eigenvalue weighted by atomic mass is 16.5. The van der Waals surface area contributed by atoms with Gasteiger partial charge in [-0.2, -0.15) is 0 Å². The lowest BCUT2D eigenvalue weighted by Crippen LogP contribution is -2.35. The lowest BCUT2D eigenvalue weighted by molar-refractivity contribution is -0.0206. The van der Waals surface area contributed by atoms with Crippen LogP contribution in [0.3, 0.4) is 0 Å². The molecular weight excluding hydrogens is 226 g/mol. The number of aromatic nitrogens is 2. The fourth-order valence-corrected chi connectivity index (χ4v) is 2.78. The van der Waals surface area contributed by atoms with Gasteiger partial charge in [0.05, 0.1) is 12.4 Å². The van der Waals surface area contributed by atoms with Crippen molar-refractivity contribution in [2.45, 2.75) is 51.7 Å². The first-order chi connectivity index (χ1) is 8.67. The van der Waals surface area contributed by atoms with E-state index in [2.05, 4.69) is 30.3 Å². The molecule has 0 radical (unpaired) electrons. The molecule has 1 heterocycles. The van der Waals surface area contributed by atoms with Gasteiger partial charge in [-0.3, -0.25) is 0 Å². The SMILES string of the molecule is CCOC1CC(n2cncc2C(CN)C(C)C)C1. The largest absolute Gasteiger partial charge is 0.378 e. The Kier molecular flexibility index (Phi) is 4.40. The summed E-state index contributed by atoms with van der Waals surface area (Å²) in [6, 6.07) is 0.548. The average Bonchev–Trinajstić information content (AvgIpc) is 2.72. The maximum atomic E-state index is 5.90. The smallest absolute Gasteiger partial charge is 0.0950 e. The van der Waals surface area contributed by atoms with Gasteiger partial charge in [-0.15, -0.1) is 0 Å². The fraction of sp³-hybridized carbons (Fsp3) is 0.786. The molecular formula is C14H25N3O. The number of rotatable bonds is 6. The van der Waals surface area contributed by atoms with E-state index < -0.39 is 0 Å². The minimum atomic E-state index is 0.402. The molecule has 4 heteroatoms.